The molecule has 5 heteroatoms. The van der Waals surface area contributed by atoms with E-state index in [1.54, 1.807) is 0 Å². The summed E-state index contributed by atoms with van der Waals surface area (Å²) in [6, 6.07) is 5.17. The number of carboxylic acids is 1. The van der Waals surface area contributed by atoms with Gasteiger partial charge in [0.2, 0.25) is 0 Å². The molecule has 3 N–H and O–H groups in total. The lowest BCUT2D eigenvalue weighted by atomic mass is 9.82. The van der Waals surface area contributed by atoms with Gasteiger partial charge < -0.3 is 15.7 Å². The fourth-order valence-electron chi connectivity index (χ4n) is 2.75. The van der Waals surface area contributed by atoms with Crippen LogP contribution in [0.15, 0.2) is 18.2 Å². The van der Waals surface area contributed by atoms with Gasteiger partial charge in [-0.2, -0.15) is 0 Å². The highest BCUT2D eigenvalue weighted by atomic mass is 16.4. The number of hydrogen-bond donors (Lipinski definition) is 3. The van der Waals surface area contributed by atoms with Crippen LogP contribution in [0.4, 0.5) is 10.5 Å². The van der Waals surface area contributed by atoms with Crippen molar-refractivity contribution in [2.75, 3.05) is 5.32 Å². The molecule has 1 saturated carbocycles. The summed E-state index contributed by atoms with van der Waals surface area (Å²) < 4.78 is 0. The van der Waals surface area contributed by atoms with E-state index in [-0.39, 0.29) is 0 Å². The van der Waals surface area contributed by atoms with Crippen molar-refractivity contribution >= 4 is 17.7 Å². The summed E-state index contributed by atoms with van der Waals surface area (Å²) in [6.07, 6.45) is 3.66. The molecule has 0 aromatic heterocycles. The van der Waals surface area contributed by atoms with Crippen molar-refractivity contribution in [3.05, 3.63) is 29.3 Å². The lowest BCUT2D eigenvalue weighted by molar-refractivity contribution is -0.145. The molecule has 1 aliphatic carbocycles. The van der Waals surface area contributed by atoms with Crippen LogP contribution in [0, 0.1) is 13.8 Å². The summed E-state index contributed by atoms with van der Waals surface area (Å²) >= 11 is 0. The van der Waals surface area contributed by atoms with Crippen LogP contribution in [0.5, 0.6) is 0 Å². The molecule has 0 aliphatic heterocycles. The molecule has 1 aromatic carbocycles. The van der Waals surface area contributed by atoms with Crippen molar-refractivity contribution < 1.29 is 14.7 Å². The minimum absolute atomic E-state index is 0.456. The van der Waals surface area contributed by atoms with Crippen LogP contribution in [-0.4, -0.2) is 22.6 Å². The van der Waals surface area contributed by atoms with E-state index in [0.29, 0.717) is 18.5 Å². The standard InChI is InChI=1S/C16H22N2O3/c1-11-6-7-13(10-12(11)2)17-15(21)18-16(14(19)20)8-4-3-5-9-16/h6-7,10H,3-5,8-9H2,1-2H3,(H,19,20)(H2,17,18,21). The third-order valence-electron chi connectivity index (χ3n) is 4.23. The minimum Gasteiger partial charge on any atom is -0.480 e. The van der Waals surface area contributed by atoms with Gasteiger partial charge in [0.1, 0.15) is 5.54 Å². The second-order valence-corrected chi connectivity index (χ2v) is 5.83. The monoisotopic (exact) mass is 290 g/mol. The molecule has 1 fully saturated rings. The number of anilines is 1. The number of benzene rings is 1. The van der Waals surface area contributed by atoms with E-state index in [1.807, 2.05) is 32.0 Å². The minimum atomic E-state index is -1.12. The maximum Gasteiger partial charge on any atom is 0.329 e. The topological polar surface area (TPSA) is 78.4 Å². The summed E-state index contributed by atoms with van der Waals surface area (Å²) in [5, 5.41) is 14.8. The number of carbonyl (C=O) groups excluding carboxylic acids is 1. The van der Waals surface area contributed by atoms with Gasteiger partial charge in [0.25, 0.3) is 0 Å². The van der Waals surface area contributed by atoms with Crippen LogP contribution < -0.4 is 10.6 Å². The second kappa shape index (κ2) is 6.16. The van der Waals surface area contributed by atoms with E-state index >= 15 is 0 Å². The first-order chi connectivity index (χ1) is 9.93. The van der Waals surface area contributed by atoms with E-state index in [0.717, 1.165) is 30.4 Å². The average Bonchev–Trinajstić information content (AvgIpc) is 2.43. The normalized spacial score (nSPS) is 17.0. The quantitative estimate of drug-likeness (QED) is 0.799. The number of rotatable bonds is 3. The fraction of sp³-hybridized carbons (Fsp3) is 0.500. The lowest BCUT2D eigenvalue weighted by Crippen LogP contribution is -2.56. The average molecular weight is 290 g/mol. The number of nitrogens with one attached hydrogen (secondary N) is 2. The molecule has 114 valence electrons. The number of urea groups is 1. The Hall–Kier alpha value is -2.04. The Morgan fingerprint density at radius 3 is 2.33 bits per heavy atom. The maximum atomic E-state index is 12.1. The van der Waals surface area contributed by atoms with Gasteiger partial charge in [-0.3, -0.25) is 0 Å². The molecule has 0 unspecified atom stereocenters. The number of aliphatic carboxylic acids is 1. The molecule has 21 heavy (non-hydrogen) atoms. The fourth-order valence-corrected chi connectivity index (χ4v) is 2.75. The van der Waals surface area contributed by atoms with Crippen LogP contribution in [0.2, 0.25) is 0 Å². The van der Waals surface area contributed by atoms with Gasteiger partial charge in [0.05, 0.1) is 0 Å². The largest absolute Gasteiger partial charge is 0.480 e. The Bertz CT molecular complexity index is 548. The summed E-state index contributed by atoms with van der Waals surface area (Å²) in [7, 11) is 0. The van der Waals surface area contributed by atoms with Crippen LogP contribution in [0.1, 0.15) is 43.2 Å². The van der Waals surface area contributed by atoms with E-state index in [4.69, 9.17) is 0 Å². The van der Waals surface area contributed by atoms with Crippen LogP contribution >= 0.6 is 0 Å². The molecule has 5 nitrogen and oxygen atoms in total. The van der Waals surface area contributed by atoms with Crippen molar-refractivity contribution in [2.24, 2.45) is 0 Å². The predicted molar refractivity (Wildman–Crippen MR) is 81.5 cm³/mol. The van der Waals surface area contributed by atoms with Gasteiger partial charge >= 0.3 is 12.0 Å². The first-order valence-electron chi connectivity index (χ1n) is 7.33. The van der Waals surface area contributed by atoms with E-state index in [2.05, 4.69) is 10.6 Å². The lowest BCUT2D eigenvalue weighted by Gasteiger charge is -2.33. The van der Waals surface area contributed by atoms with E-state index in [9.17, 15) is 14.7 Å². The van der Waals surface area contributed by atoms with Crippen molar-refractivity contribution in [3.8, 4) is 0 Å². The molecular formula is C16H22N2O3. The zero-order valence-electron chi connectivity index (χ0n) is 12.5. The molecule has 2 amide bonds. The highest BCUT2D eigenvalue weighted by molar-refractivity contribution is 5.94. The SMILES string of the molecule is Cc1ccc(NC(=O)NC2(C(=O)O)CCCCC2)cc1C. The molecule has 0 saturated heterocycles. The van der Waals surface area contributed by atoms with Crippen molar-refractivity contribution in [3.63, 3.8) is 0 Å². The Balaban J connectivity index is 2.05. The third-order valence-corrected chi connectivity index (χ3v) is 4.23. The van der Waals surface area contributed by atoms with E-state index < -0.39 is 17.5 Å². The third kappa shape index (κ3) is 3.54. The number of amides is 2. The molecular weight excluding hydrogens is 268 g/mol. The molecule has 0 heterocycles. The van der Waals surface area contributed by atoms with Gasteiger partial charge in [-0.15, -0.1) is 0 Å². The predicted octanol–water partition coefficient (Wildman–Crippen LogP) is 3.21. The van der Waals surface area contributed by atoms with Gasteiger partial charge in [-0.1, -0.05) is 25.3 Å². The van der Waals surface area contributed by atoms with Gasteiger partial charge in [-0.05, 0) is 49.9 Å². The van der Waals surface area contributed by atoms with Crippen LogP contribution in [0.3, 0.4) is 0 Å². The molecule has 0 bridgehead atoms. The number of carboxylic acid groups (broad SMARTS) is 1. The summed E-state index contributed by atoms with van der Waals surface area (Å²) in [5.41, 5.74) is 1.78. The van der Waals surface area contributed by atoms with Gasteiger partial charge in [-0.25, -0.2) is 9.59 Å². The Morgan fingerprint density at radius 1 is 1.10 bits per heavy atom. The molecule has 0 spiro atoms. The Labute approximate surface area is 124 Å². The highest BCUT2D eigenvalue weighted by Gasteiger charge is 2.40. The molecule has 1 aromatic rings. The molecule has 0 radical (unpaired) electrons. The highest BCUT2D eigenvalue weighted by Crippen LogP contribution is 2.28. The summed E-state index contributed by atoms with van der Waals surface area (Å²) in [5.74, 6) is -0.947. The summed E-state index contributed by atoms with van der Waals surface area (Å²) in [6.45, 7) is 3.97. The molecule has 2 rings (SSSR count). The smallest absolute Gasteiger partial charge is 0.329 e. The number of aryl methyl sites for hydroxylation is 2. The van der Waals surface area contributed by atoms with Crippen LogP contribution in [0.25, 0.3) is 0 Å². The van der Waals surface area contributed by atoms with Crippen molar-refractivity contribution in [1.82, 2.24) is 5.32 Å². The number of hydrogen-bond acceptors (Lipinski definition) is 2. The Kier molecular flexibility index (Phi) is 4.50. The zero-order chi connectivity index (χ0) is 15.5. The van der Waals surface area contributed by atoms with Gasteiger partial charge in [0, 0.05) is 5.69 Å². The van der Waals surface area contributed by atoms with Crippen molar-refractivity contribution in [2.45, 2.75) is 51.5 Å². The number of carbonyl (C=O) groups is 2. The summed E-state index contributed by atoms with van der Waals surface area (Å²) in [4.78, 5) is 23.6. The second-order valence-electron chi connectivity index (χ2n) is 5.83. The zero-order valence-corrected chi connectivity index (χ0v) is 12.5. The molecule has 0 atom stereocenters. The van der Waals surface area contributed by atoms with E-state index in [1.165, 1.54) is 0 Å². The first-order valence-corrected chi connectivity index (χ1v) is 7.33. The maximum absolute atomic E-state index is 12.1. The van der Waals surface area contributed by atoms with Gasteiger partial charge in [0.15, 0.2) is 0 Å². The molecule has 1 aliphatic rings. The Morgan fingerprint density at radius 2 is 1.76 bits per heavy atom. The van der Waals surface area contributed by atoms with Crippen molar-refractivity contribution in [1.29, 1.82) is 0 Å². The first kappa shape index (κ1) is 15.4. The van der Waals surface area contributed by atoms with Crippen LogP contribution in [-0.2, 0) is 4.79 Å².